The van der Waals surface area contributed by atoms with Crippen LogP contribution in [-0.4, -0.2) is 21.3 Å². The van der Waals surface area contributed by atoms with Gasteiger partial charge in [0.2, 0.25) is 0 Å². The summed E-state index contributed by atoms with van der Waals surface area (Å²) < 4.78 is 2.12. The number of fused-ring (bicyclic) bond motifs is 1. The fourth-order valence-electron chi connectivity index (χ4n) is 3.40. The van der Waals surface area contributed by atoms with Crippen molar-refractivity contribution in [1.29, 1.82) is 0 Å². The highest BCUT2D eigenvalue weighted by Gasteiger charge is 2.22. The Bertz CT molecular complexity index is 871. The summed E-state index contributed by atoms with van der Waals surface area (Å²) in [5.74, 6) is 0. The summed E-state index contributed by atoms with van der Waals surface area (Å²) in [6, 6.07) is 12.8. The molecule has 0 unspecified atom stereocenters. The van der Waals surface area contributed by atoms with Gasteiger partial charge in [0.1, 0.15) is 0 Å². The first kappa shape index (κ1) is 16.0. The van der Waals surface area contributed by atoms with Gasteiger partial charge >= 0.3 is 0 Å². The van der Waals surface area contributed by atoms with Crippen molar-refractivity contribution in [1.82, 2.24) is 20.1 Å². The molecule has 0 atom stereocenters. The second-order valence-corrected chi connectivity index (χ2v) is 7.65. The van der Waals surface area contributed by atoms with Crippen LogP contribution < -0.4 is 5.32 Å². The molecule has 0 saturated carbocycles. The van der Waals surface area contributed by atoms with Crippen molar-refractivity contribution in [3.05, 3.63) is 65.6 Å². The average molecular weight is 332 g/mol. The number of hydrogen-bond donors (Lipinski definition) is 1. The van der Waals surface area contributed by atoms with Crippen LogP contribution in [0.3, 0.4) is 0 Å². The monoisotopic (exact) mass is 332 g/mol. The van der Waals surface area contributed by atoms with Crippen LogP contribution in [0.2, 0.25) is 0 Å². The van der Waals surface area contributed by atoms with Gasteiger partial charge in [0.15, 0.2) is 0 Å². The van der Waals surface area contributed by atoms with E-state index in [1.807, 2.05) is 12.3 Å². The molecule has 0 aliphatic carbocycles. The normalized spacial score (nSPS) is 14.4. The molecule has 2 aromatic heterocycles. The molecule has 25 heavy (non-hydrogen) atoms. The highest BCUT2D eigenvalue weighted by atomic mass is 15.3. The van der Waals surface area contributed by atoms with Crippen molar-refractivity contribution in [2.75, 3.05) is 6.54 Å². The van der Waals surface area contributed by atoms with Gasteiger partial charge in [0.05, 0.1) is 17.1 Å². The van der Waals surface area contributed by atoms with Crippen molar-refractivity contribution in [2.45, 2.75) is 39.2 Å². The van der Waals surface area contributed by atoms with Crippen LogP contribution >= 0.6 is 0 Å². The summed E-state index contributed by atoms with van der Waals surface area (Å²) in [4.78, 5) is 4.26. The van der Waals surface area contributed by atoms with Gasteiger partial charge in [-0.05, 0) is 35.2 Å². The van der Waals surface area contributed by atoms with E-state index >= 15 is 0 Å². The second-order valence-electron chi connectivity index (χ2n) is 7.65. The molecular weight excluding hydrogens is 308 g/mol. The summed E-state index contributed by atoms with van der Waals surface area (Å²) in [5.41, 5.74) is 7.34. The van der Waals surface area contributed by atoms with E-state index in [1.165, 1.54) is 16.8 Å². The third-order valence-corrected chi connectivity index (χ3v) is 4.84. The number of pyridine rings is 1. The maximum Gasteiger partial charge on any atom is 0.0990 e. The lowest BCUT2D eigenvalue weighted by molar-refractivity contribution is 0.589. The average Bonchev–Trinajstić information content (AvgIpc) is 3.02. The number of nitrogens with zero attached hydrogens (tertiary/aromatic N) is 3. The molecule has 1 N–H and O–H groups in total. The molecule has 0 radical (unpaired) electrons. The molecule has 0 fully saturated rings. The molecule has 3 heterocycles. The van der Waals surface area contributed by atoms with Gasteiger partial charge in [-0.25, -0.2) is 4.68 Å². The lowest BCUT2D eigenvalue weighted by atomic mass is 9.87. The fraction of sp³-hybridized carbons (Fsp3) is 0.333. The minimum atomic E-state index is 0.160. The Balaban J connectivity index is 1.81. The zero-order chi connectivity index (χ0) is 17.4. The van der Waals surface area contributed by atoms with Crippen LogP contribution in [0.15, 0.2) is 48.8 Å². The van der Waals surface area contributed by atoms with Crippen LogP contribution in [0.5, 0.6) is 0 Å². The van der Waals surface area contributed by atoms with Gasteiger partial charge in [0, 0.05) is 43.0 Å². The highest BCUT2D eigenvalue weighted by Crippen LogP contribution is 2.30. The maximum atomic E-state index is 4.96. The maximum absolute atomic E-state index is 4.96. The standard InChI is InChI=1S/C21H24N4/c1-21(2,3)16-6-8-17(9-7-16)25-19-10-12-23-14-18(19)20(24-25)15-5-4-11-22-13-15/h4-9,11,13,23H,10,12,14H2,1-3H3. The molecule has 1 aliphatic heterocycles. The van der Waals surface area contributed by atoms with Crippen LogP contribution in [0.4, 0.5) is 0 Å². The lowest BCUT2D eigenvalue weighted by Gasteiger charge is -2.20. The van der Waals surface area contributed by atoms with Crippen molar-refractivity contribution in [3.63, 3.8) is 0 Å². The first-order valence-electron chi connectivity index (χ1n) is 8.87. The first-order valence-corrected chi connectivity index (χ1v) is 8.87. The number of hydrogen-bond acceptors (Lipinski definition) is 3. The fourth-order valence-corrected chi connectivity index (χ4v) is 3.40. The Labute approximate surface area is 148 Å². The van der Waals surface area contributed by atoms with Crippen LogP contribution in [0.1, 0.15) is 37.6 Å². The van der Waals surface area contributed by atoms with E-state index in [4.69, 9.17) is 5.10 Å². The smallest absolute Gasteiger partial charge is 0.0990 e. The summed E-state index contributed by atoms with van der Waals surface area (Å²) >= 11 is 0. The molecular formula is C21H24N4. The summed E-state index contributed by atoms with van der Waals surface area (Å²) in [6.45, 7) is 8.57. The van der Waals surface area contributed by atoms with Gasteiger partial charge in [-0.3, -0.25) is 4.98 Å². The van der Waals surface area contributed by atoms with Gasteiger partial charge in [-0.15, -0.1) is 0 Å². The summed E-state index contributed by atoms with van der Waals surface area (Å²) in [7, 11) is 0. The molecule has 0 saturated heterocycles. The predicted octanol–water partition coefficient (Wildman–Crippen LogP) is 3.88. The third kappa shape index (κ3) is 2.98. The summed E-state index contributed by atoms with van der Waals surface area (Å²) in [6.07, 6.45) is 4.68. The van der Waals surface area contributed by atoms with Crippen molar-refractivity contribution in [3.8, 4) is 16.9 Å². The van der Waals surface area contributed by atoms with E-state index in [0.717, 1.165) is 36.5 Å². The minimum Gasteiger partial charge on any atom is -0.312 e. The van der Waals surface area contributed by atoms with Crippen LogP contribution in [0, 0.1) is 0 Å². The quantitative estimate of drug-likeness (QED) is 0.774. The Morgan fingerprint density at radius 2 is 1.88 bits per heavy atom. The Morgan fingerprint density at radius 3 is 2.56 bits per heavy atom. The molecule has 4 rings (SSSR count). The molecule has 0 amide bonds. The molecule has 0 spiro atoms. The number of aromatic nitrogens is 3. The zero-order valence-electron chi connectivity index (χ0n) is 15.1. The first-order chi connectivity index (χ1) is 12.0. The lowest BCUT2D eigenvalue weighted by Crippen LogP contribution is -2.24. The SMILES string of the molecule is CC(C)(C)c1ccc(-n2nc(-c3cccnc3)c3c2CCNC3)cc1. The van der Waals surface area contributed by atoms with Crippen molar-refractivity contribution >= 4 is 0 Å². The van der Waals surface area contributed by atoms with Gasteiger partial charge in [0.25, 0.3) is 0 Å². The van der Waals surface area contributed by atoms with Crippen molar-refractivity contribution < 1.29 is 0 Å². The Hall–Kier alpha value is -2.46. The van der Waals surface area contributed by atoms with E-state index in [2.05, 4.69) is 66.1 Å². The molecule has 1 aliphatic rings. The van der Waals surface area contributed by atoms with Crippen LogP contribution in [-0.2, 0) is 18.4 Å². The van der Waals surface area contributed by atoms with E-state index in [9.17, 15) is 0 Å². The van der Waals surface area contributed by atoms with Crippen LogP contribution in [0.25, 0.3) is 16.9 Å². The van der Waals surface area contributed by atoms with Gasteiger partial charge in [-0.2, -0.15) is 5.10 Å². The second kappa shape index (κ2) is 6.12. The molecule has 4 nitrogen and oxygen atoms in total. The Kier molecular flexibility index (Phi) is 3.92. The summed E-state index contributed by atoms with van der Waals surface area (Å²) in [5, 5.41) is 8.43. The number of benzene rings is 1. The van der Waals surface area contributed by atoms with E-state index in [1.54, 1.807) is 6.20 Å². The Morgan fingerprint density at radius 1 is 1.08 bits per heavy atom. The molecule has 1 aromatic carbocycles. The largest absolute Gasteiger partial charge is 0.312 e. The van der Waals surface area contributed by atoms with E-state index < -0.39 is 0 Å². The number of nitrogens with one attached hydrogen (secondary N) is 1. The third-order valence-electron chi connectivity index (χ3n) is 4.84. The van der Waals surface area contributed by atoms with Gasteiger partial charge < -0.3 is 5.32 Å². The van der Waals surface area contributed by atoms with E-state index in [0.29, 0.717) is 0 Å². The molecule has 4 heteroatoms. The van der Waals surface area contributed by atoms with E-state index in [-0.39, 0.29) is 5.41 Å². The molecule has 0 bridgehead atoms. The highest BCUT2D eigenvalue weighted by molar-refractivity contribution is 5.64. The zero-order valence-corrected chi connectivity index (χ0v) is 15.1. The topological polar surface area (TPSA) is 42.7 Å². The molecule has 3 aromatic rings. The van der Waals surface area contributed by atoms with Gasteiger partial charge in [-0.1, -0.05) is 32.9 Å². The molecule has 128 valence electrons. The minimum absolute atomic E-state index is 0.160. The van der Waals surface area contributed by atoms with Crippen molar-refractivity contribution in [2.24, 2.45) is 0 Å². The number of rotatable bonds is 2. The predicted molar refractivity (Wildman–Crippen MR) is 101 cm³/mol.